The van der Waals surface area contributed by atoms with Crippen LogP contribution in [0.25, 0.3) is 0 Å². The molecule has 1 unspecified atom stereocenters. The van der Waals surface area contributed by atoms with E-state index in [1.165, 1.54) is 4.31 Å². The van der Waals surface area contributed by atoms with Crippen molar-refractivity contribution >= 4 is 11.3 Å². The predicted octanol–water partition coefficient (Wildman–Crippen LogP) is 0.139. The van der Waals surface area contributed by atoms with Crippen molar-refractivity contribution in [2.75, 3.05) is 26.8 Å². The highest BCUT2D eigenvalue weighted by Crippen LogP contribution is 2.17. The maximum absolute atomic E-state index is 10.5. The molecule has 1 heterocycles. The average Bonchev–Trinajstić information content (AvgIpc) is 2.06. The Kier molecular flexibility index (Phi) is 4.14. The molecule has 0 bridgehead atoms. The molecule has 0 aromatic heterocycles. The Balaban J connectivity index is 2.25. The van der Waals surface area contributed by atoms with Gasteiger partial charge in [0.1, 0.15) is 0 Å². The van der Waals surface area contributed by atoms with Crippen LogP contribution in [-0.2, 0) is 16.0 Å². The number of methoxy groups -OCH3 is 1. The van der Waals surface area contributed by atoms with Crippen molar-refractivity contribution in [3.05, 3.63) is 0 Å². The molecule has 1 atom stereocenters. The van der Waals surface area contributed by atoms with Crippen LogP contribution in [0.3, 0.4) is 0 Å². The smallest absolute Gasteiger partial charge is 0.0491 e. The quantitative estimate of drug-likeness (QED) is 0.598. The van der Waals surface area contributed by atoms with E-state index < -0.39 is 11.3 Å². The molecule has 1 fully saturated rings. The lowest BCUT2D eigenvalue weighted by Crippen LogP contribution is -2.36. The summed E-state index contributed by atoms with van der Waals surface area (Å²) in [4.78, 5) is 0. The fraction of sp³-hybridized carbons (Fsp3) is 1.00. The second-order valence-corrected chi connectivity index (χ2v) is 4.00. The molecular weight excluding hydrogens is 178 g/mol. The van der Waals surface area contributed by atoms with Crippen molar-refractivity contribution in [1.29, 1.82) is 0 Å². The van der Waals surface area contributed by atoms with Crippen LogP contribution in [0.5, 0.6) is 0 Å². The first kappa shape index (κ1) is 10.1. The summed E-state index contributed by atoms with van der Waals surface area (Å²) in [5.74, 6) is 0.537. The fourth-order valence-electron chi connectivity index (χ4n) is 1.46. The van der Waals surface area contributed by atoms with Gasteiger partial charge in [-0.1, -0.05) is 0 Å². The van der Waals surface area contributed by atoms with Crippen molar-refractivity contribution < 1.29 is 13.5 Å². The maximum Gasteiger partial charge on any atom is 0.0491 e. The molecular formula is C7H14NO3S-. The van der Waals surface area contributed by atoms with Crippen LogP contribution in [0.15, 0.2) is 0 Å². The average molecular weight is 192 g/mol. The van der Waals surface area contributed by atoms with Crippen molar-refractivity contribution in [3.63, 3.8) is 0 Å². The summed E-state index contributed by atoms with van der Waals surface area (Å²) in [6.45, 7) is 2.04. The third kappa shape index (κ3) is 2.82. The monoisotopic (exact) mass is 192 g/mol. The second kappa shape index (κ2) is 4.91. The van der Waals surface area contributed by atoms with Crippen LogP contribution in [-0.4, -0.2) is 39.9 Å². The number of piperidine rings is 1. The SMILES string of the molecule is COCC1CCN(S(=O)[O-])CC1. The number of nitrogens with zero attached hydrogens (tertiary/aromatic N) is 1. The van der Waals surface area contributed by atoms with E-state index in [2.05, 4.69) is 0 Å². The standard InChI is InChI=1S/C7H15NO3S/c1-11-6-7-2-4-8(5-3-7)12(9)10/h7H,2-6H2,1H3,(H,9,10)/p-1. The minimum atomic E-state index is -2.03. The topological polar surface area (TPSA) is 52.6 Å². The van der Waals surface area contributed by atoms with E-state index in [1.54, 1.807) is 7.11 Å². The van der Waals surface area contributed by atoms with Gasteiger partial charge in [0, 0.05) is 38.1 Å². The van der Waals surface area contributed by atoms with Gasteiger partial charge >= 0.3 is 0 Å². The van der Waals surface area contributed by atoms with Gasteiger partial charge in [-0.2, -0.15) is 0 Å². The molecule has 0 N–H and O–H groups in total. The third-order valence-corrected chi connectivity index (χ3v) is 2.97. The number of ether oxygens (including phenoxy) is 1. The van der Waals surface area contributed by atoms with Crippen LogP contribution in [0.1, 0.15) is 12.8 Å². The Morgan fingerprint density at radius 3 is 2.58 bits per heavy atom. The second-order valence-electron chi connectivity index (χ2n) is 3.04. The molecule has 12 heavy (non-hydrogen) atoms. The number of rotatable bonds is 3. The van der Waals surface area contributed by atoms with Crippen LogP contribution in [0.4, 0.5) is 0 Å². The zero-order valence-corrected chi connectivity index (χ0v) is 8.01. The number of hydrogen-bond acceptors (Lipinski definition) is 3. The molecule has 5 heteroatoms. The van der Waals surface area contributed by atoms with E-state index in [0.717, 1.165) is 19.4 Å². The van der Waals surface area contributed by atoms with Gasteiger partial charge in [0.2, 0.25) is 0 Å². The van der Waals surface area contributed by atoms with Gasteiger partial charge in [-0.3, -0.25) is 4.21 Å². The molecule has 0 aromatic rings. The van der Waals surface area contributed by atoms with Gasteiger partial charge in [0.15, 0.2) is 0 Å². The Morgan fingerprint density at radius 1 is 1.58 bits per heavy atom. The van der Waals surface area contributed by atoms with Gasteiger partial charge in [-0.15, -0.1) is 0 Å². The van der Waals surface area contributed by atoms with Crippen LogP contribution in [0, 0.1) is 5.92 Å². The predicted molar refractivity (Wildman–Crippen MR) is 45.1 cm³/mol. The summed E-state index contributed by atoms with van der Waals surface area (Å²) in [5.41, 5.74) is 0. The van der Waals surface area contributed by atoms with Gasteiger partial charge in [-0.05, 0) is 18.8 Å². The maximum atomic E-state index is 10.5. The van der Waals surface area contributed by atoms with Crippen LogP contribution < -0.4 is 0 Å². The van der Waals surface area contributed by atoms with Crippen molar-refractivity contribution in [2.45, 2.75) is 12.8 Å². The minimum absolute atomic E-state index is 0.537. The molecule has 0 aliphatic carbocycles. The molecule has 0 amide bonds. The van der Waals surface area contributed by atoms with E-state index in [9.17, 15) is 8.76 Å². The molecule has 72 valence electrons. The molecule has 1 aliphatic rings. The van der Waals surface area contributed by atoms with Gasteiger partial charge < -0.3 is 9.29 Å². The number of hydrogen-bond donors (Lipinski definition) is 0. The van der Waals surface area contributed by atoms with E-state index in [4.69, 9.17) is 4.74 Å². The first-order chi connectivity index (χ1) is 5.74. The fourth-order valence-corrected chi connectivity index (χ4v) is 1.97. The van der Waals surface area contributed by atoms with E-state index in [0.29, 0.717) is 19.0 Å². The van der Waals surface area contributed by atoms with E-state index in [-0.39, 0.29) is 0 Å². The summed E-state index contributed by atoms with van der Waals surface area (Å²) >= 11 is -2.03. The van der Waals surface area contributed by atoms with Crippen molar-refractivity contribution in [1.82, 2.24) is 4.31 Å². The molecule has 4 nitrogen and oxygen atoms in total. The summed E-state index contributed by atoms with van der Waals surface area (Å²) in [5, 5.41) is 0. The normalized spacial score (nSPS) is 24.2. The lowest BCUT2D eigenvalue weighted by molar-refractivity contribution is 0.121. The zero-order chi connectivity index (χ0) is 8.97. The molecule has 1 aliphatic heterocycles. The first-order valence-corrected chi connectivity index (χ1v) is 5.10. The Hall–Kier alpha value is 0.0300. The van der Waals surface area contributed by atoms with Crippen molar-refractivity contribution in [2.24, 2.45) is 5.92 Å². The van der Waals surface area contributed by atoms with Gasteiger partial charge in [0.05, 0.1) is 0 Å². The largest absolute Gasteiger partial charge is 0.760 e. The van der Waals surface area contributed by atoms with Crippen LogP contribution in [0.2, 0.25) is 0 Å². The Morgan fingerprint density at radius 2 is 2.17 bits per heavy atom. The van der Waals surface area contributed by atoms with E-state index in [1.807, 2.05) is 0 Å². The first-order valence-electron chi connectivity index (χ1n) is 4.07. The zero-order valence-electron chi connectivity index (χ0n) is 7.19. The highest BCUT2D eigenvalue weighted by molar-refractivity contribution is 7.76. The molecule has 1 saturated heterocycles. The Bertz CT molecular complexity index is 157. The summed E-state index contributed by atoms with van der Waals surface area (Å²) < 4.78 is 27.5. The summed E-state index contributed by atoms with van der Waals surface area (Å²) in [7, 11) is 1.68. The molecule has 0 spiro atoms. The summed E-state index contributed by atoms with van der Waals surface area (Å²) in [6, 6.07) is 0. The van der Waals surface area contributed by atoms with Gasteiger partial charge in [0.25, 0.3) is 0 Å². The molecule has 0 saturated carbocycles. The van der Waals surface area contributed by atoms with Gasteiger partial charge in [-0.25, -0.2) is 4.31 Å². The Labute approximate surface area is 75.3 Å². The molecule has 1 rings (SSSR count). The van der Waals surface area contributed by atoms with E-state index >= 15 is 0 Å². The van der Waals surface area contributed by atoms with Crippen molar-refractivity contribution in [3.8, 4) is 0 Å². The third-order valence-electron chi connectivity index (χ3n) is 2.19. The lowest BCUT2D eigenvalue weighted by Gasteiger charge is -2.32. The summed E-state index contributed by atoms with van der Waals surface area (Å²) in [6.07, 6.45) is 1.84. The minimum Gasteiger partial charge on any atom is -0.760 e. The highest BCUT2D eigenvalue weighted by atomic mass is 32.2. The van der Waals surface area contributed by atoms with Crippen LogP contribution >= 0.6 is 0 Å². The highest BCUT2D eigenvalue weighted by Gasteiger charge is 2.18. The molecule has 0 radical (unpaired) electrons. The molecule has 0 aromatic carbocycles. The lowest BCUT2D eigenvalue weighted by atomic mass is 9.99.